The van der Waals surface area contributed by atoms with E-state index in [1.165, 1.54) is 0 Å². The van der Waals surface area contributed by atoms with Crippen molar-refractivity contribution in [3.05, 3.63) is 70.5 Å². The summed E-state index contributed by atoms with van der Waals surface area (Å²) in [5.41, 5.74) is 0.839. The monoisotopic (exact) mass is 374 g/mol. The van der Waals surface area contributed by atoms with Gasteiger partial charge in [0, 0.05) is 30.6 Å². The average Bonchev–Trinajstić information content (AvgIpc) is 3.18. The maximum atomic E-state index is 13.0. The summed E-state index contributed by atoms with van der Waals surface area (Å²) in [6, 6.07) is 12.9. The van der Waals surface area contributed by atoms with Gasteiger partial charge in [0.15, 0.2) is 11.3 Å². The number of nitrogens with one attached hydrogen (secondary N) is 1. The Morgan fingerprint density at radius 2 is 1.75 bits per heavy atom. The van der Waals surface area contributed by atoms with Crippen LogP contribution in [0.4, 0.5) is 0 Å². The number of aromatic nitrogens is 5. The predicted octanol–water partition coefficient (Wildman–Crippen LogP) is 1.99. The van der Waals surface area contributed by atoms with Crippen molar-refractivity contribution in [2.45, 2.75) is 18.8 Å². The normalized spacial score (nSPS) is 15.4. The van der Waals surface area contributed by atoms with Crippen LogP contribution in [-0.4, -0.2) is 48.7 Å². The number of aromatic amines is 1. The number of amides is 1. The van der Waals surface area contributed by atoms with Gasteiger partial charge >= 0.3 is 0 Å². The number of benzene rings is 1. The fraction of sp³-hybridized carbons (Fsp3) is 0.250. The lowest BCUT2D eigenvalue weighted by molar-refractivity contribution is 0.0706. The predicted molar refractivity (Wildman–Crippen MR) is 103 cm³/mol. The van der Waals surface area contributed by atoms with Crippen molar-refractivity contribution in [2.75, 3.05) is 13.1 Å². The largest absolute Gasteiger partial charge is 0.337 e. The van der Waals surface area contributed by atoms with Crippen LogP contribution >= 0.6 is 0 Å². The number of hydrogen-bond donors (Lipinski definition) is 1. The van der Waals surface area contributed by atoms with Crippen LogP contribution in [-0.2, 0) is 0 Å². The van der Waals surface area contributed by atoms with E-state index in [2.05, 4.69) is 20.4 Å². The Morgan fingerprint density at radius 1 is 1.00 bits per heavy atom. The number of carbonyl (C=O) groups is 1. The summed E-state index contributed by atoms with van der Waals surface area (Å²) in [5, 5.41) is 16.1. The molecule has 1 fully saturated rings. The second-order valence-corrected chi connectivity index (χ2v) is 7.00. The molecule has 8 nitrogen and oxygen atoms in total. The molecule has 0 saturated carbocycles. The molecule has 8 heteroatoms. The van der Waals surface area contributed by atoms with Crippen LogP contribution in [0.3, 0.4) is 0 Å². The molecule has 1 amide bonds. The molecular weight excluding hydrogens is 356 g/mol. The first-order chi connectivity index (χ1) is 13.7. The van der Waals surface area contributed by atoms with E-state index in [0.717, 1.165) is 24.3 Å². The Kier molecular flexibility index (Phi) is 3.89. The molecule has 0 atom stereocenters. The van der Waals surface area contributed by atoms with E-state index in [1.54, 1.807) is 23.1 Å². The third kappa shape index (κ3) is 2.65. The van der Waals surface area contributed by atoms with Gasteiger partial charge in [0.1, 0.15) is 5.82 Å². The van der Waals surface area contributed by atoms with Crippen LogP contribution in [0.5, 0.6) is 0 Å². The van der Waals surface area contributed by atoms with Crippen molar-refractivity contribution in [3.63, 3.8) is 0 Å². The minimum atomic E-state index is -0.287. The molecular formula is C20H18N6O2. The molecule has 4 heterocycles. The molecule has 0 spiro atoms. The van der Waals surface area contributed by atoms with Crippen LogP contribution in [0.2, 0.25) is 0 Å². The molecule has 0 radical (unpaired) electrons. The highest BCUT2D eigenvalue weighted by atomic mass is 16.2. The molecule has 3 aromatic heterocycles. The summed E-state index contributed by atoms with van der Waals surface area (Å²) < 4.78 is 2.01. The van der Waals surface area contributed by atoms with Crippen molar-refractivity contribution in [3.8, 4) is 0 Å². The number of nitrogens with zero attached hydrogens (tertiary/aromatic N) is 5. The summed E-state index contributed by atoms with van der Waals surface area (Å²) in [6.45, 7) is 1.22. The highest BCUT2D eigenvalue weighted by Crippen LogP contribution is 2.28. The summed E-state index contributed by atoms with van der Waals surface area (Å²) in [6.07, 6.45) is 3.59. The van der Waals surface area contributed by atoms with Crippen LogP contribution in [0, 0.1) is 0 Å². The Morgan fingerprint density at radius 3 is 2.57 bits per heavy atom. The molecule has 1 saturated heterocycles. The van der Waals surface area contributed by atoms with Gasteiger partial charge in [-0.05, 0) is 31.0 Å². The number of pyridine rings is 1. The Balaban J connectivity index is 1.38. The molecule has 1 N–H and O–H groups in total. The maximum absolute atomic E-state index is 13.0. The second kappa shape index (κ2) is 6.56. The van der Waals surface area contributed by atoms with Gasteiger partial charge in [0.2, 0.25) is 0 Å². The van der Waals surface area contributed by atoms with Gasteiger partial charge in [0.05, 0.1) is 5.39 Å². The van der Waals surface area contributed by atoms with Crippen LogP contribution in [0.25, 0.3) is 16.4 Å². The molecule has 0 aliphatic carbocycles. The highest BCUT2D eigenvalue weighted by molar-refractivity contribution is 6.04. The van der Waals surface area contributed by atoms with Gasteiger partial charge in [-0.2, -0.15) is 5.10 Å². The third-order valence-electron chi connectivity index (χ3n) is 5.39. The lowest BCUT2D eigenvalue weighted by Gasteiger charge is -2.31. The number of hydrogen-bond acceptors (Lipinski definition) is 5. The molecule has 140 valence electrons. The van der Waals surface area contributed by atoms with Crippen molar-refractivity contribution >= 4 is 22.3 Å². The Bertz CT molecular complexity index is 1240. The minimum absolute atomic E-state index is 0.156. The summed E-state index contributed by atoms with van der Waals surface area (Å²) in [4.78, 5) is 26.8. The Labute approximate surface area is 159 Å². The number of likely N-dealkylation sites (tertiary alicyclic amines) is 1. The number of carbonyl (C=O) groups excluding carboxylic acids is 1. The van der Waals surface area contributed by atoms with Gasteiger partial charge in [-0.25, -0.2) is 5.10 Å². The van der Waals surface area contributed by atoms with E-state index >= 15 is 0 Å². The van der Waals surface area contributed by atoms with Gasteiger partial charge in [-0.1, -0.05) is 24.3 Å². The quantitative estimate of drug-likeness (QED) is 0.579. The zero-order valence-corrected chi connectivity index (χ0v) is 15.1. The van der Waals surface area contributed by atoms with E-state index in [1.807, 2.05) is 34.9 Å². The smallest absolute Gasteiger partial charge is 0.274 e. The zero-order chi connectivity index (χ0) is 19.1. The van der Waals surface area contributed by atoms with Gasteiger partial charge < -0.3 is 4.90 Å². The average molecular weight is 374 g/mol. The first kappa shape index (κ1) is 16.6. The van der Waals surface area contributed by atoms with Gasteiger partial charge in [-0.15, -0.1) is 10.2 Å². The van der Waals surface area contributed by atoms with E-state index < -0.39 is 0 Å². The summed E-state index contributed by atoms with van der Waals surface area (Å²) in [7, 11) is 0. The van der Waals surface area contributed by atoms with Crippen LogP contribution < -0.4 is 5.56 Å². The van der Waals surface area contributed by atoms with E-state index in [9.17, 15) is 9.59 Å². The van der Waals surface area contributed by atoms with E-state index in [0.29, 0.717) is 29.6 Å². The maximum Gasteiger partial charge on any atom is 0.274 e. The fourth-order valence-corrected chi connectivity index (χ4v) is 3.91. The molecule has 4 aromatic rings. The minimum Gasteiger partial charge on any atom is -0.337 e. The van der Waals surface area contributed by atoms with Crippen molar-refractivity contribution in [1.82, 2.24) is 29.7 Å². The number of piperidine rings is 1. The zero-order valence-electron chi connectivity index (χ0n) is 15.1. The summed E-state index contributed by atoms with van der Waals surface area (Å²) >= 11 is 0. The van der Waals surface area contributed by atoms with Crippen molar-refractivity contribution in [1.29, 1.82) is 0 Å². The number of fused-ring (bicyclic) bond motifs is 2. The van der Waals surface area contributed by atoms with Crippen LogP contribution in [0.1, 0.15) is 35.1 Å². The van der Waals surface area contributed by atoms with Crippen LogP contribution in [0.15, 0.2) is 53.5 Å². The number of rotatable bonds is 2. The highest BCUT2D eigenvalue weighted by Gasteiger charge is 2.28. The van der Waals surface area contributed by atoms with Crippen molar-refractivity contribution in [2.24, 2.45) is 0 Å². The standard InChI is InChI=1S/C20H18N6O2/c27-19-15-6-2-1-5-14(15)17(22-24-19)20(28)25-11-8-13(9-12-25)18-23-21-16-7-3-4-10-26(16)18/h1-7,10,13H,8-9,11-12H2,(H,24,27). The second-order valence-electron chi connectivity index (χ2n) is 7.00. The topological polar surface area (TPSA) is 96.2 Å². The first-order valence-electron chi connectivity index (χ1n) is 9.29. The molecule has 0 unspecified atom stereocenters. The summed E-state index contributed by atoms with van der Waals surface area (Å²) in [5.74, 6) is 1.04. The molecule has 0 bridgehead atoms. The molecule has 1 aliphatic heterocycles. The molecule has 28 heavy (non-hydrogen) atoms. The van der Waals surface area contributed by atoms with Gasteiger partial charge in [-0.3, -0.25) is 14.0 Å². The van der Waals surface area contributed by atoms with E-state index in [4.69, 9.17) is 0 Å². The lowest BCUT2D eigenvalue weighted by Crippen LogP contribution is -2.39. The molecule has 5 rings (SSSR count). The lowest BCUT2D eigenvalue weighted by atomic mass is 9.95. The molecule has 1 aromatic carbocycles. The van der Waals surface area contributed by atoms with E-state index in [-0.39, 0.29) is 17.4 Å². The van der Waals surface area contributed by atoms with Crippen molar-refractivity contribution < 1.29 is 4.79 Å². The Hall–Kier alpha value is -3.55. The fourth-order valence-electron chi connectivity index (χ4n) is 3.91. The SMILES string of the molecule is O=C(c1n[nH]c(=O)c2ccccc12)N1CCC(c2nnc3ccccn23)CC1. The molecule has 1 aliphatic rings. The third-order valence-corrected chi connectivity index (χ3v) is 5.39. The first-order valence-corrected chi connectivity index (χ1v) is 9.29. The van der Waals surface area contributed by atoms with Gasteiger partial charge in [0.25, 0.3) is 11.5 Å². The number of H-pyrrole nitrogens is 1.